The first kappa shape index (κ1) is 17.0. The fraction of sp³-hybridized carbons (Fsp3) is 0.875. The third-order valence-electron chi connectivity index (χ3n) is 4.41. The molecule has 1 rings (SSSR count). The summed E-state index contributed by atoms with van der Waals surface area (Å²) in [7, 11) is 1.82. The number of likely N-dealkylation sites (N-methyl/N-ethyl adjacent to an activating group) is 1. The van der Waals surface area contributed by atoms with Gasteiger partial charge in [-0.1, -0.05) is 27.2 Å². The van der Waals surface area contributed by atoms with E-state index in [0.717, 1.165) is 32.2 Å². The van der Waals surface area contributed by atoms with Gasteiger partial charge in [0.2, 0.25) is 11.8 Å². The summed E-state index contributed by atoms with van der Waals surface area (Å²) in [6.07, 6.45) is 3.60. The predicted octanol–water partition coefficient (Wildman–Crippen LogP) is 2.53. The Hall–Kier alpha value is -1.06. The summed E-state index contributed by atoms with van der Waals surface area (Å²) >= 11 is 0. The van der Waals surface area contributed by atoms with E-state index < -0.39 is 0 Å². The van der Waals surface area contributed by atoms with E-state index >= 15 is 0 Å². The molecule has 0 aromatic rings. The molecule has 0 aromatic carbocycles. The van der Waals surface area contributed by atoms with Crippen molar-refractivity contribution in [3.63, 3.8) is 0 Å². The van der Waals surface area contributed by atoms with Crippen LogP contribution < -0.4 is 0 Å². The van der Waals surface area contributed by atoms with Crippen molar-refractivity contribution in [2.45, 2.75) is 59.4 Å². The van der Waals surface area contributed by atoms with E-state index in [9.17, 15) is 9.59 Å². The van der Waals surface area contributed by atoms with Gasteiger partial charge >= 0.3 is 0 Å². The number of likely N-dealkylation sites (tertiary alicyclic amines) is 1. The lowest BCUT2D eigenvalue weighted by Gasteiger charge is -2.30. The zero-order valence-corrected chi connectivity index (χ0v) is 13.7. The van der Waals surface area contributed by atoms with Crippen molar-refractivity contribution in [3.8, 4) is 0 Å². The predicted molar refractivity (Wildman–Crippen MR) is 81.3 cm³/mol. The van der Waals surface area contributed by atoms with Gasteiger partial charge in [0.15, 0.2) is 0 Å². The molecule has 3 unspecified atom stereocenters. The summed E-state index contributed by atoms with van der Waals surface area (Å²) in [6.45, 7) is 9.68. The Morgan fingerprint density at radius 1 is 1.30 bits per heavy atom. The highest BCUT2D eigenvalue weighted by Gasteiger charge is 2.40. The number of carbonyl (C=O) groups is 2. The summed E-state index contributed by atoms with van der Waals surface area (Å²) in [5.74, 6) is 0.767. The molecule has 4 nitrogen and oxygen atoms in total. The summed E-state index contributed by atoms with van der Waals surface area (Å²) in [5, 5.41) is 0. The van der Waals surface area contributed by atoms with Crippen molar-refractivity contribution in [3.05, 3.63) is 0 Å². The summed E-state index contributed by atoms with van der Waals surface area (Å²) in [5.41, 5.74) is 0. The molecule has 0 aromatic heterocycles. The second kappa shape index (κ2) is 7.65. The smallest absolute Gasteiger partial charge is 0.245 e. The molecule has 2 amide bonds. The SMILES string of the molecule is CCCC(CC)C(=O)N1CC(C)CC1C(=O)N(C)CC. The van der Waals surface area contributed by atoms with Gasteiger partial charge in [-0.15, -0.1) is 0 Å². The van der Waals surface area contributed by atoms with Gasteiger partial charge in [-0.3, -0.25) is 9.59 Å². The van der Waals surface area contributed by atoms with Gasteiger partial charge in [0.1, 0.15) is 6.04 Å². The normalized spacial score (nSPS) is 23.8. The number of rotatable bonds is 6. The molecule has 3 atom stereocenters. The summed E-state index contributed by atoms with van der Waals surface area (Å²) in [4.78, 5) is 28.7. The highest BCUT2D eigenvalue weighted by molar-refractivity contribution is 5.89. The van der Waals surface area contributed by atoms with Gasteiger partial charge in [-0.2, -0.15) is 0 Å². The van der Waals surface area contributed by atoms with Crippen LogP contribution in [0.5, 0.6) is 0 Å². The van der Waals surface area contributed by atoms with Gasteiger partial charge in [-0.05, 0) is 32.1 Å². The van der Waals surface area contributed by atoms with Crippen LogP contribution >= 0.6 is 0 Å². The standard InChI is InChI=1S/C16H30N2O2/c1-6-9-13(7-2)15(19)18-11-12(4)10-14(18)16(20)17(5)8-3/h12-14H,6-11H2,1-5H3. The lowest BCUT2D eigenvalue weighted by atomic mass is 9.98. The Balaban J connectivity index is 2.84. The molecular formula is C16H30N2O2. The van der Waals surface area contributed by atoms with Crippen molar-refractivity contribution in [1.82, 2.24) is 9.80 Å². The Bertz CT molecular complexity index is 343. The fourth-order valence-corrected chi connectivity index (χ4v) is 3.02. The lowest BCUT2D eigenvalue weighted by molar-refractivity contribution is -0.145. The topological polar surface area (TPSA) is 40.6 Å². The second-order valence-corrected chi connectivity index (χ2v) is 6.09. The third kappa shape index (κ3) is 3.74. The quantitative estimate of drug-likeness (QED) is 0.751. The number of carbonyl (C=O) groups excluding carboxylic acids is 2. The molecule has 0 saturated carbocycles. The van der Waals surface area contributed by atoms with Crippen molar-refractivity contribution in [2.24, 2.45) is 11.8 Å². The van der Waals surface area contributed by atoms with Crippen LogP contribution in [0, 0.1) is 11.8 Å². The molecular weight excluding hydrogens is 252 g/mol. The zero-order valence-electron chi connectivity index (χ0n) is 13.7. The minimum Gasteiger partial charge on any atom is -0.344 e. The van der Waals surface area contributed by atoms with Crippen molar-refractivity contribution < 1.29 is 9.59 Å². The van der Waals surface area contributed by atoms with E-state index in [4.69, 9.17) is 0 Å². The van der Waals surface area contributed by atoms with Crippen LogP contribution in [-0.2, 0) is 9.59 Å². The molecule has 0 N–H and O–H groups in total. The maximum atomic E-state index is 12.7. The van der Waals surface area contributed by atoms with Gasteiger partial charge in [-0.25, -0.2) is 0 Å². The van der Waals surface area contributed by atoms with E-state index in [-0.39, 0.29) is 23.8 Å². The van der Waals surface area contributed by atoms with Crippen LogP contribution in [0.1, 0.15) is 53.4 Å². The molecule has 0 radical (unpaired) electrons. The van der Waals surface area contributed by atoms with Crippen molar-refractivity contribution in [1.29, 1.82) is 0 Å². The maximum absolute atomic E-state index is 12.7. The number of hydrogen-bond donors (Lipinski definition) is 0. The monoisotopic (exact) mass is 282 g/mol. The van der Waals surface area contributed by atoms with E-state index in [2.05, 4.69) is 20.8 Å². The molecule has 1 fully saturated rings. The molecule has 20 heavy (non-hydrogen) atoms. The number of nitrogens with zero attached hydrogens (tertiary/aromatic N) is 2. The fourth-order valence-electron chi connectivity index (χ4n) is 3.02. The maximum Gasteiger partial charge on any atom is 0.245 e. The van der Waals surface area contributed by atoms with Crippen molar-refractivity contribution >= 4 is 11.8 Å². The first-order chi connectivity index (χ1) is 9.46. The first-order valence-electron chi connectivity index (χ1n) is 8.01. The highest BCUT2D eigenvalue weighted by atomic mass is 16.2. The lowest BCUT2D eigenvalue weighted by Crippen LogP contribution is -2.48. The average Bonchev–Trinajstić information content (AvgIpc) is 2.84. The number of amides is 2. The highest BCUT2D eigenvalue weighted by Crippen LogP contribution is 2.27. The second-order valence-electron chi connectivity index (χ2n) is 6.09. The Morgan fingerprint density at radius 3 is 2.45 bits per heavy atom. The summed E-state index contributed by atoms with van der Waals surface area (Å²) in [6, 6.07) is -0.242. The van der Waals surface area contributed by atoms with Gasteiger partial charge in [0, 0.05) is 26.1 Å². The average molecular weight is 282 g/mol. The first-order valence-corrected chi connectivity index (χ1v) is 8.01. The van der Waals surface area contributed by atoms with Crippen LogP contribution in [0.4, 0.5) is 0 Å². The largest absolute Gasteiger partial charge is 0.344 e. The minimum absolute atomic E-state index is 0.0764. The van der Waals surface area contributed by atoms with Crippen LogP contribution in [0.2, 0.25) is 0 Å². The Labute approximate surface area is 123 Å². The molecule has 1 saturated heterocycles. The van der Waals surface area contributed by atoms with Gasteiger partial charge in [0.25, 0.3) is 0 Å². The third-order valence-corrected chi connectivity index (χ3v) is 4.41. The Morgan fingerprint density at radius 2 is 1.95 bits per heavy atom. The van der Waals surface area contributed by atoms with Gasteiger partial charge in [0.05, 0.1) is 0 Å². The molecule has 0 bridgehead atoms. The van der Waals surface area contributed by atoms with E-state index in [1.165, 1.54) is 0 Å². The van der Waals surface area contributed by atoms with Crippen LogP contribution in [0.15, 0.2) is 0 Å². The summed E-state index contributed by atoms with van der Waals surface area (Å²) < 4.78 is 0. The molecule has 1 aliphatic rings. The van der Waals surface area contributed by atoms with E-state index in [1.54, 1.807) is 4.90 Å². The van der Waals surface area contributed by atoms with Crippen molar-refractivity contribution in [2.75, 3.05) is 20.1 Å². The minimum atomic E-state index is -0.242. The molecule has 0 aliphatic carbocycles. The molecule has 0 spiro atoms. The van der Waals surface area contributed by atoms with E-state index in [0.29, 0.717) is 12.5 Å². The number of hydrogen-bond acceptors (Lipinski definition) is 2. The molecule has 4 heteroatoms. The van der Waals surface area contributed by atoms with E-state index in [1.807, 2.05) is 18.9 Å². The van der Waals surface area contributed by atoms with Crippen LogP contribution in [0.3, 0.4) is 0 Å². The zero-order chi connectivity index (χ0) is 15.3. The Kier molecular flexibility index (Phi) is 6.50. The molecule has 116 valence electrons. The molecule has 1 aliphatic heterocycles. The molecule has 1 heterocycles. The van der Waals surface area contributed by atoms with Crippen LogP contribution in [0.25, 0.3) is 0 Å². The van der Waals surface area contributed by atoms with Gasteiger partial charge < -0.3 is 9.80 Å². The van der Waals surface area contributed by atoms with Crippen LogP contribution in [-0.4, -0.2) is 47.8 Å².